The molecule has 10 amide bonds. The Bertz CT molecular complexity index is 2790. The first kappa shape index (κ1) is 74.6. The van der Waals surface area contributed by atoms with Gasteiger partial charge in [0.15, 0.2) is 0 Å². The van der Waals surface area contributed by atoms with Crippen LogP contribution in [-0.4, -0.2) is 151 Å². The maximum Gasteiger partial charge on any atom is 0.243 e. The standard InChI is InChI=1S/C65H100N14O11/c1-7-40(6)55(79-60(85)48(28-31-67)71-57(82)46(69)34-41-17-11-8-12-18-41)65(90)73-47(27-30-66)58(83)74-51(35-42-19-13-9-14-20-42)63(88)75-52(36-43-23-25-45(26-24-43)44-21-15-10-16-22-44)62(87)72-49(29-32-68)59(84)78-54(39(4)5)64(89)76-50(33-38(2)3)61(86)77-53(37-80)56(70)81/h9-10,13-16,19-26,38-41,46-55,80H,7-8,11-12,17-18,27-37,66-69H2,1-6H3,(H2,70,81)(H,71,82)(H,72,87)(H,73,90)(H,74,83)(H,75,88)(H,76,89)(H,77,86)(H,78,84)(H,79,85)/t40?,46?,47-,48-,49-,50-,51+,52-,53-,54+,55-/m0/s1. The van der Waals surface area contributed by atoms with Crippen LogP contribution in [0.15, 0.2) is 84.9 Å². The molecule has 0 aliphatic heterocycles. The lowest BCUT2D eigenvalue weighted by Gasteiger charge is -2.30. The quantitative estimate of drug-likeness (QED) is 0.0361. The number of aliphatic hydroxyl groups is 1. The Morgan fingerprint density at radius 3 is 1.32 bits per heavy atom. The lowest BCUT2D eigenvalue weighted by molar-refractivity contribution is -0.136. The Balaban J connectivity index is 1.64. The van der Waals surface area contributed by atoms with E-state index in [2.05, 4.69) is 47.9 Å². The first-order valence-corrected chi connectivity index (χ1v) is 31.6. The van der Waals surface area contributed by atoms with Crippen LogP contribution in [0.25, 0.3) is 11.1 Å². The van der Waals surface area contributed by atoms with Gasteiger partial charge in [0.05, 0.1) is 12.6 Å². The molecule has 496 valence electrons. The second-order valence-corrected chi connectivity index (χ2v) is 24.3. The van der Waals surface area contributed by atoms with E-state index in [0.29, 0.717) is 29.9 Å². The van der Waals surface area contributed by atoms with Gasteiger partial charge in [0.2, 0.25) is 59.1 Å². The minimum atomic E-state index is -1.43. The molecule has 0 spiro atoms. The molecule has 2 unspecified atom stereocenters. The molecular weight excluding hydrogens is 1150 g/mol. The fourth-order valence-corrected chi connectivity index (χ4v) is 10.7. The summed E-state index contributed by atoms with van der Waals surface area (Å²) in [4.78, 5) is 140. The fourth-order valence-electron chi connectivity index (χ4n) is 10.7. The molecule has 0 radical (unpaired) electrons. The van der Waals surface area contributed by atoms with Crippen LogP contribution in [0.1, 0.15) is 123 Å². The van der Waals surface area contributed by atoms with E-state index in [-0.39, 0.29) is 64.1 Å². The zero-order valence-electron chi connectivity index (χ0n) is 53.1. The average Bonchev–Trinajstić information content (AvgIpc) is 1.23. The van der Waals surface area contributed by atoms with Gasteiger partial charge in [-0.15, -0.1) is 0 Å². The molecular formula is C65H100N14O11. The SMILES string of the molecule is CCC(C)[C@H](NC(=O)[C@H](CCN)NC(=O)C(N)CC1CCCCC1)C(=O)N[C@@H](CCN)C(=O)N[C@H](Cc1ccccc1)C(=O)N[C@@H](Cc1ccc(-c2ccccc2)cc1)C(=O)N[C@@H](CCN)C(=O)N[C@@H](C(=O)N[C@@H](CC(C)C)C(=O)N[C@@H](CO)C(N)=O)C(C)C. The highest BCUT2D eigenvalue weighted by molar-refractivity contribution is 5.99. The van der Waals surface area contributed by atoms with Gasteiger partial charge >= 0.3 is 0 Å². The Labute approximate surface area is 529 Å². The summed E-state index contributed by atoms with van der Waals surface area (Å²) < 4.78 is 0. The molecule has 1 saturated carbocycles. The molecule has 90 heavy (non-hydrogen) atoms. The smallest absolute Gasteiger partial charge is 0.243 e. The van der Waals surface area contributed by atoms with Crippen molar-refractivity contribution in [3.63, 3.8) is 0 Å². The van der Waals surface area contributed by atoms with E-state index < -0.39 is 138 Å². The van der Waals surface area contributed by atoms with Gasteiger partial charge in [0, 0.05) is 12.8 Å². The Kier molecular flexibility index (Phi) is 32.0. The molecule has 1 fully saturated rings. The fraction of sp³-hybridized carbons (Fsp3) is 0.569. The van der Waals surface area contributed by atoms with Crippen molar-refractivity contribution < 1.29 is 53.1 Å². The number of carbonyl (C=O) groups is 10. The highest BCUT2D eigenvalue weighted by atomic mass is 16.3. The summed E-state index contributed by atoms with van der Waals surface area (Å²) in [7, 11) is 0. The van der Waals surface area contributed by atoms with Crippen LogP contribution in [-0.2, 0) is 60.8 Å². The van der Waals surface area contributed by atoms with Crippen LogP contribution in [0.4, 0.5) is 0 Å². The zero-order chi connectivity index (χ0) is 66.5. The predicted octanol–water partition coefficient (Wildman–Crippen LogP) is 0.0719. The van der Waals surface area contributed by atoms with Crippen molar-refractivity contribution in [3.8, 4) is 11.1 Å². The second kappa shape index (κ2) is 38.6. The van der Waals surface area contributed by atoms with Crippen LogP contribution in [0.3, 0.4) is 0 Å². The maximum absolute atomic E-state index is 15.0. The third kappa shape index (κ3) is 24.5. The van der Waals surface area contributed by atoms with E-state index in [0.717, 1.165) is 43.2 Å². The summed E-state index contributed by atoms with van der Waals surface area (Å²) in [5.41, 5.74) is 32.7. The van der Waals surface area contributed by atoms with Gasteiger partial charge in [-0.1, -0.05) is 165 Å². The number of benzene rings is 3. The molecule has 3 aromatic rings. The van der Waals surface area contributed by atoms with E-state index in [1.54, 1.807) is 77.1 Å². The molecule has 3 aromatic carbocycles. The Hall–Kier alpha value is -7.84. The lowest BCUT2D eigenvalue weighted by Crippen LogP contribution is -2.62. The molecule has 1 aliphatic carbocycles. The van der Waals surface area contributed by atoms with Gasteiger partial charge in [-0.3, -0.25) is 47.9 Å². The number of carbonyl (C=O) groups excluding carboxylic acids is 10. The van der Waals surface area contributed by atoms with Crippen molar-refractivity contribution in [3.05, 3.63) is 96.1 Å². The summed E-state index contributed by atoms with van der Waals surface area (Å²) >= 11 is 0. The summed E-state index contributed by atoms with van der Waals surface area (Å²) in [5.74, 6) is -8.61. The van der Waals surface area contributed by atoms with Crippen molar-refractivity contribution in [1.82, 2.24) is 47.9 Å². The molecule has 25 nitrogen and oxygen atoms in total. The maximum atomic E-state index is 15.0. The normalized spacial score (nSPS) is 16.2. The van der Waals surface area contributed by atoms with Crippen molar-refractivity contribution in [1.29, 1.82) is 0 Å². The van der Waals surface area contributed by atoms with Crippen LogP contribution >= 0.6 is 0 Å². The highest BCUT2D eigenvalue weighted by Crippen LogP contribution is 2.27. The summed E-state index contributed by atoms with van der Waals surface area (Å²) in [5, 5.41) is 34.0. The number of nitrogens with two attached hydrogens (primary N) is 5. The second-order valence-electron chi connectivity index (χ2n) is 24.3. The molecule has 1 aliphatic rings. The van der Waals surface area contributed by atoms with E-state index >= 15 is 0 Å². The summed E-state index contributed by atoms with van der Waals surface area (Å²) in [6, 6.07) is 13.0. The summed E-state index contributed by atoms with van der Waals surface area (Å²) in [6.45, 7) is 9.54. The van der Waals surface area contributed by atoms with Crippen LogP contribution in [0, 0.1) is 23.7 Å². The van der Waals surface area contributed by atoms with Crippen molar-refractivity contribution in [2.75, 3.05) is 26.2 Å². The van der Waals surface area contributed by atoms with E-state index in [9.17, 15) is 53.1 Å². The Morgan fingerprint density at radius 2 is 0.856 bits per heavy atom. The van der Waals surface area contributed by atoms with Gasteiger partial charge in [0.25, 0.3) is 0 Å². The van der Waals surface area contributed by atoms with Gasteiger partial charge in [-0.05, 0) is 97.7 Å². The molecule has 11 atom stereocenters. The number of hydrogen-bond acceptors (Lipinski definition) is 15. The van der Waals surface area contributed by atoms with Gasteiger partial charge in [-0.25, -0.2) is 0 Å². The number of rotatable bonds is 38. The van der Waals surface area contributed by atoms with E-state index in [4.69, 9.17) is 28.7 Å². The highest BCUT2D eigenvalue weighted by Gasteiger charge is 2.37. The van der Waals surface area contributed by atoms with Crippen molar-refractivity contribution in [2.24, 2.45) is 52.3 Å². The average molecular weight is 1250 g/mol. The van der Waals surface area contributed by atoms with Crippen LogP contribution in [0.5, 0.6) is 0 Å². The van der Waals surface area contributed by atoms with E-state index in [1.807, 2.05) is 49.4 Å². The van der Waals surface area contributed by atoms with Crippen LogP contribution < -0.4 is 76.5 Å². The lowest BCUT2D eigenvalue weighted by atomic mass is 9.85. The van der Waals surface area contributed by atoms with E-state index in [1.165, 1.54) is 0 Å². The van der Waals surface area contributed by atoms with Gasteiger partial charge < -0.3 is 81.6 Å². The number of primary amides is 1. The number of nitrogens with one attached hydrogen (secondary N) is 9. The largest absolute Gasteiger partial charge is 0.394 e. The molecule has 0 aromatic heterocycles. The van der Waals surface area contributed by atoms with Crippen molar-refractivity contribution in [2.45, 2.75) is 185 Å². The molecule has 0 heterocycles. The third-order valence-electron chi connectivity index (χ3n) is 16.2. The minimum absolute atomic E-state index is 0.0362. The third-order valence-corrected chi connectivity index (χ3v) is 16.2. The van der Waals surface area contributed by atoms with Gasteiger partial charge in [-0.2, -0.15) is 0 Å². The molecule has 4 rings (SSSR count). The van der Waals surface area contributed by atoms with Crippen molar-refractivity contribution >= 4 is 59.1 Å². The number of amides is 10. The first-order chi connectivity index (χ1) is 42.9. The topological polar surface area (TPSA) is 429 Å². The molecule has 25 heteroatoms. The van der Waals surface area contributed by atoms with Crippen LogP contribution in [0.2, 0.25) is 0 Å². The minimum Gasteiger partial charge on any atom is -0.394 e. The number of aliphatic hydroxyl groups excluding tert-OH is 1. The number of hydrogen-bond donors (Lipinski definition) is 15. The van der Waals surface area contributed by atoms with Gasteiger partial charge in [0.1, 0.15) is 54.4 Å². The predicted molar refractivity (Wildman–Crippen MR) is 343 cm³/mol. The first-order valence-electron chi connectivity index (χ1n) is 31.6. The molecule has 0 bridgehead atoms. The zero-order valence-corrected chi connectivity index (χ0v) is 53.1. The Morgan fingerprint density at radius 1 is 0.467 bits per heavy atom. The summed E-state index contributed by atoms with van der Waals surface area (Å²) in [6.07, 6.45) is 5.82. The monoisotopic (exact) mass is 1250 g/mol. The molecule has 20 N–H and O–H groups in total. The molecule has 0 saturated heterocycles.